The van der Waals surface area contributed by atoms with E-state index in [1.807, 2.05) is 0 Å². The summed E-state index contributed by atoms with van der Waals surface area (Å²) in [4.78, 5) is 9.66. The van der Waals surface area contributed by atoms with Gasteiger partial charge in [0.15, 0.2) is 21.4 Å². The van der Waals surface area contributed by atoms with Gasteiger partial charge in [-0.25, -0.2) is 17.2 Å². The third kappa shape index (κ3) is 2.84. The molecule has 1 aliphatic heterocycles. The molecule has 6 nitrogen and oxygen atoms in total. The van der Waals surface area contributed by atoms with Gasteiger partial charge in [-0.15, -0.1) is 0 Å². The molecule has 1 heterocycles. The predicted octanol–water partition coefficient (Wildman–Crippen LogP) is 0.809. The van der Waals surface area contributed by atoms with Crippen molar-refractivity contribution in [3.63, 3.8) is 0 Å². The number of aromatic hydroxyl groups is 1. The Labute approximate surface area is 119 Å². The van der Waals surface area contributed by atoms with Crippen LogP contribution in [-0.4, -0.2) is 37.4 Å². The zero-order valence-electron chi connectivity index (χ0n) is 10.9. The Kier molecular flexibility index (Phi) is 3.89. The fourth-order valence-electron chi connectivity index (χ4n) is 2.38. The van der Waals surface area contributed by atoms with E-state index in [2.05, 4.69) is 5.32 Å². The minimum atomic E-state index is -4.18. The van der Waals surface area contributed by atoms with E-state index >= 15 is 0 Å². The van der Waals surface area contributed by atoms with Crippen LogP contribution in [0.3, 0.4) is 0 Å². The summed E-state index contributed by atoms with van der Waals surface area (Å²) in [7, 11) is -4.18. The molecule has 1 aliphatic rings. The maximum atomic E-state index is 13.9. The van der Waals surface area contributed by atoms with E-state index in [0.717, 1.165) is 6.07 Å². The van der Waals surface area contributed by atoms with Gasteiger partial charge in [0.1, 0.15) is 10.7 Å². The second-order valence-corrected chi connectivity index (χ2v) is 6.90. The number of aliphatic carboxylic acids is 1. The first-order valence-electron chi connectivity index (χ1n) is 6.00. The number of hydrogen-bond acceptors (Lipinski definition) is 5. The molecular formula is C12H13F2NO5S. The van der Waals surface area contributed by atoms with Gasteiger partial charge >= 0.3 is 5.97 Å². The molecule has 1 fully saturated rings. The maximum Gasteiger partial charge on any atom is 0.307 e. The molecule has 2 unspecified atom stereocenters. The molecule has 1 aromatic rings. The quantitative estimate of drug-likeness (QED) is 0.761. The van der Waals surface area contributed by atoms with Gasteiger partial charge in [-0.2, -0.15) is 0 Å². The summed E-state index contributed by atoms with van der Waals surface area (Å²) in [6, 6.07) is -0.0415. The Morgan fingerprint density at radius 3 is 2.52 bits per heavy atom. The lowest BCUT2D eigenvalue weighted by atomic mass is 9.99. The number of sulfone groups is 1. The van der Waals surface area contributed by atoms with Crippen molar-refractivity contribution in [2.75, 3.05) is 12.8 Å². The SMILES string of the molecule is CS(=O)(=O)c1c(F)cc(C2CC(C(=O)O)CN2)c(O)c1F. The number of hydrogen-bond donors (Lipinski definition) is 3. The standard InChI is InChI=1S/C12H13F2NO5S/c1-21(19,20)11-7(13)3-6(10(16)9(11)14)8-2-5(4-15-8)12(17)18/h3,5,8,15-16H,2,4H2,1H3,(H,17,18). The lowest BCUT2D eigenvalue weighted by Crippen LogP contribution is -2.18. The molecule has 2 rings (SSSR count). The largest absolute Gasteiger partial charge is 0.505 e. The van der Waals surface area contributed by atoms with Crippen LogP contribution in [0.1, 0.15) is 18.0 Å². The third-order valence-electron chi connectivity index (χ3n) is 3.41. The molecule has 0 aliphatic carbocycles. The van der Waals surface area contributed by atoms with Crippen molar-refractivity contribution < 1.29 is 32.2 Å². The number of rotatable bonds is 3. The summed E-state index contributed by atoms with van der Waals surface area (Å²) in [5.74, 6) is -5.66. The first kappa shape index (κ1) is 15.6. The van der Waals surface area contributed by atoms with Crippen molar-refractivity contribution in [2.24, 2.45) is 5.92 Å². The monoisotopic (exact) mass is 321 g/mol. The van der Waals surface area contributed by atoms with E-state index in [1.165, 1.54) is 0 Å². The van der Waals surface area contributed by atoms with E-state index in [1.54, 1.807) is 0 Å². The van der Waals surface area contributed by atoms with Gasteiger partial charge in [-0.1, -0.05) is 0 Å². The fraction of sp³-hybridized carbons (Fsp3) is 0.417. The van der Waals surface area contributed by atoms with Gasteiger partial charge in [0.2, 0.25) is 0 Å². The van der Waals surface area contributed by atoms with Crippen LogP contribution in [0.25, 0.3) is 0 Å². The van der Waals surface area contributed by atoms with E-state index in [9.17, 15) is 27.1 Å². The zero-order valence-corrected chi connectivity index (χ0v) is 11.7. The zero-order chi connectivity index (χ0) is 15.9. The van der Waals surface area contributed by atoms with Crippen molar-refractivity contribution in [3.8, 4) is 5.75 Å². The first-order chi connectivity index (χ1) is 9.62. The molecule has 0 aromatic heterocycles. The van der Waals surface area contributed by atoms with Gasteiger partial charge < -0.3 is 15.5 Å². The van der Waals surface area contributed by atoms with Crippen LogP contribution >= 0.6 is 0 Å². The van der Waals surface area contributed by atoms with Crippen LogP contribution < -0.4 is 5.32 Å². The molecule has 116 valence electrons. The van der Waals surface area contributed by atoms with Crippen LogP contribution in [-0.2, 0) is 14.6 Å². The molecule has 0 bridgehead atoms. The third-order valence-corrected chi connectivity index (χ3v) is 4.52. The van der Waals surface area contributed by atoms with E-state index < -0.39 is 50.0 Å². The summed E-state index contributed by atoms with van der Waals surface area (Å²) >= 11 is 0. The number of carbonyl (C=O) groups is 1. The highest BCUT2D eigenvalue weighted by atomic mass is 32.2. The van der Waals surface area contributed by atoms with Crippen molar-refractivity contribution >= 4 is 15.8 Å². The number of carboxylic acids is 1. The second-order valence-electron chi connectivity index (χ2n) is 4.94. The van der Waals surface area contributed by atoms with Crippen LogP contribution in [0.4, 0.5) is 8.78 Å². The normalized spacial score (nSPS) is 22.4. The Bertz CT molecular complexity index is 704. The molecule has 9 heteroatoms. The van der Waals surface area contributed by atoms with E-state index in [4.69, 9.17) is 5.11 Å². The Morgan fingerprint density at radius 2 is 2.05 bits per heavy atom. The summed E-state index contributed by atoms with van der Waals surface area (Å²) < 4.78 is 50.4. The average Bonchev–Trinajstić information content (AvgIpc) is 2.81. The Morgan fingerprint density at radius 1 is 1.43 bits per heavy atom. The van der Waals surface area contributed by atoms with Crippen LogP contribution in [0, 0.1) is 17.6 Å². The lowest BCUT2D eigenvalue weighted by Gasteiger charge is -2.15. The van der Waals surface area contributed by atoms with Crippen molar-refractivity contribution in [1.82, 2.24) is 5.32 Å². The topological polar surface area (TPSA) is 104 Å². The number of benzene rings is 1. The Balaban J connectivity index is 2.47. The van der Waals surface area contributed by atoms with Crippen molar-refractivity contribution in [3.05, 3.63) is 23.3 Å². The van der Waals surface area contributed by atoms with Crippen LogP contribution in [0.15, 0.2) is 11.0 Å². The number of halogens is 2. The molecule has 0 spiro atoms. The van der Waals surface area contributed by atoms with Crippen molar-refractivity contribution in [2.45, 2.75) is 17.4 Å². The molecule has 2 atom stereocenters. The smallest absolute Gasteiger partial charge is 0.307 e. The van der Waals surface area contributed by atoms with Gasteiger partial charge in [0, 0.05) is 24.4 Å². The van der Waals surface area contributed by atoms with Crippen LogP contribution in [0.5, 0.6) is 5.75 Å². The first-order valence-corrected chi connectivity index (χ1v) is 7.89. The van der Waals surface area contributed by atoms with Crippen LogP contribution in [0.2, 0.25) is 0 Å². The molecule has 1 aromatic carbocycles. The average molecular weight is 321 g/mol. The number of carboxylic acid groups (broad SMARTS) is 1. The highest BCUT2D eigenvalue weighted by Gasteiger charge is 2.34. The van der Waals surface area contributed by atoms with Gasteiger partial charge in [-0.05, 0) is 12.5 Å². The lowest BCUT2D eigenvalue weighted by molar-refractivity contribution is -0.141. The predicted molar refractivity (Wildman–Crippen MR) is 67.6 cm³/mol. The van der Waals surface area contributed by atoms with Gasteiger partial charge in [0.25, 0.3) is 0 Å². The highest BCUT2D eigenvalue weighted by Crippen LogP contribution is 2.37. The second kappa shape index (κ2) is 5.23. The molecule has 3 N–H and O–H groups in total. The summed E-state index contributed by atoms with van der Waals surface area (Å²) in [6.45, 7) is 0.0938. The minimum Gasteiger partial charge on any atom is -0.505 e. The van der Waals surface area contributed by atoms with E-state index in [-0.39, 0.29) is 18.5 Å². The summed E-state index contributed by atoms with van der Waals surface area (Å²) in [5, 5.41) is 21.4. The molecule has 0 saturated carbocycles. The molecule has 0 amide bonds. The maximum absolute atomic E-state index is 13.9. The number of phenols is 1. The number of phenolic OH excluding ortho intramolecular Hbond substituents is 1. The van der Waals surface area contributed by atoms with Gasteiger partial charge in [-0.3, -0.25) is 4.79 Å². The summed E-state index contributed by atoms with van der Waals surface area (Å²) in [6.07, 6.45) is 0.669. The minimum absolute atomic E-state index is 0.0417. The summed E-state index contributed by atoms with van der Waals surface area (Å²) in [5.41, 5.74) is -0.193. The fourth-order valence-corrected chi connectivity index (χ4v) is 3.21. The highest BCUT2D eigenvalue weighted by molar-refractivity contribution is 7.90. The molecular weight excluding hydrogens is 308 g/mol. The molecule has 0 radical (unpaired) electrons. The molecule has 21 heavy (non-hydrogen) atoms. The Hall–Kier alpha value is -1.74. The molecule has 1 saturated heterocycles. The number of nitrogens with one attached hydrogen (secondary N) is 1. The van der Waals surface area contributed by atoms with Gasteiger partial charge in [0.05, 0.1) is 5.92 Å². The van der Waals surface area contributed by atoms with Crippen molar-refractivity contribution in [1.29, 1.82) is 0 Å². The van der Waals surface area contributed by atoms with E-state index in [0.29, 0.717) is 6.26 Å².